The third-order valence-corrected chi connectivity index (χ3v) is 5.06. The Hall–Kier alpha value is -1.23. The van der Waals surface area contributed by atoms with Gasteiger partial charge in [0.05, 0.1) is 17.1 Å². The molecule has 0 N–H and O–H groups in total. The van der Waals surface area contributed by atoms with E-state index in [9.17, 15) is 8.60 Å². The molecule has 1 aromatic carbocycles. The van der Waals surface area contributed by atoms with Crippen LogP contribution in [0.15, 0.2) is 22.6 Å². The summed E-state index contributed by atoms with van der Waals surface area (Å²) in [6.45, 7) is 10.2. The second-order valence-corrected chi connectivity index (χ2v) is 9.30. The Morgan fingerprint density at radius 1 is 1.39 bits per heavy atom. The highest BCUT2D eigenvalue weighted by molar-refractivity contribution is 7.85. The van der Waals surface area contributed by atoms with Crippen molar-refractivity contribution in [3.8, 4) is 5.75 Å². The van der Waals surface area contributed by atoms with Crippen LogP contribution in [0, 0.1) is 17.7 Å². The highest BCUT2D eigenvalue weighted by Gasteiger charge is 2.24. The Morgan fingerprint density at radius 2 is 2.04 bits per heavy atom. The smallest absolute Gasteiger partial charge is 0.165 e. The van der Waals surface area contributed by atoms with Gasteiger partial charge in [0.2, 0.25) is 0 Å². The highest BCUT2D eigenvalue weighted by atomic mass is 32.2. The van der Waals surface area contributed by atoms with Crippen LogP contribution in [0.1, 0.15) is 53.0 Å². The van der Waals surface area contributed by atoms with Gasteiger partial charge in [0.1, 0.15) is 11.0 Å². The van der Waals surface area contributed by atoms with Gasteiger partial charge in [-0.2, -0.15) is 4.40 Å². The maximum atomic E-state index is 13.9. The van der Waals surface area contributed by atoms with Gasteiger partial charge >= 0.3 is 0 Å². The van der Waals surface area contributed by atoms with Gasteiger partial charge in [0.15, 0.2) is 11.6 Å². The fourth-order valence-corrected chi connectivity index (χ4v) is 2.75. The average Bonchev–Trinajstić information content (AvgIpc) is 3.26. The number of halogens is 1. The molecule has 0 aromatic heterocycles. The van der Waals surface area contributed by atoms with E-state index in [-0.39, 0.29) is 17.5 Å². The van der Waals surface area contributed by atoms with Crippen molar-refractivity contribution >= 4 is 16.7 Å². The molecule has 2 rings (SSSR count). The standard InChI is InChI=1S/C18H26FNO2S/c1-12(2)17(20-23(21)18(3,4)5)14-8-9-15(19)16(10-14)22-11-13-6-7-13/h8-10,12-13H,6-7,11H2,1-5H3/t23-/m0/s1. The first-order valence-electron chi connectivity index (χ1n) is 8.11. The van der Waals surface area contributed by atoms with Crippen molar-refractivity contribution < 1.29 is 13.3 Å². The molecule has 0 heterocycles. The number of hydrogen-bond donors (Lipinski definition) is 0. The predicted octanol–water partition coefficient (Wildman–Crippen LogP) is 4.52. The maximum absolute atomic E-state index is 13.9. The fraction of sp³-hybridized carbons (Fsp3) is 0.611. The second-order valence-electron chi connectivity index (χ2n) is 7.39. The number of ether oxygens (including phenoxy) is 1. The van der Waals surface area contributed by atoms with Crippen LogP contribution in [-0.4, -0.2) is 21.3 Å². The van der Waals surface area contributed by atoms with Gasteiger partial charge in [0.25, 0.3) is 0 Å². The summed E-state index contributed by atoms with van der Waals surface area (Å²) in [4.78, 5) is 0. The van der Waals surface area contributed by atoms with Crippen LogP contribution in [-0.2, 0) is 11.0 Å². The lowest BCUT2D eigenvalue weighted by Crippen LogP contribution is -2.22. The number of benzene rings is 1. The lowest BCUT2D eigenvalue weighted by molar-refractivity contribution is 0.285. The quantitative estimate of drug-likeness (QED) is 0.715. The Morgan fingerprint density at radius 3 is 2.57 bits per heavy atom. The van der Waals surface area contributed by atoms with Crippen LogP contribution in [0.4, 0.5) is 4.39 Å². The molecule has 0 amide bonds. The van der Waals surface area contributed by atoms with Crippen molar-refractivity contribution in [3.63, 3.8) is 0 Å². The van der Waals surface area contributed by atoms with Crippen molar-refractivity contribution in [2.24, 2.45) is 16.2 Å². The Balaban J connectivity index is 2.29. The van der Waals surface area contributed by atoms with Crippen molar-refractivity contribution in [2.75, 3.05) is 6.61 Å². The van der Waals surface area contributed by atoms with E-state index in [1.165, 1.54) is 6.07 Å². The minimum Gasteiger partial charge on any atom is -0.490 e. The van der Waals surface area contributed by atoms with Crippen LogP contribution in [0.25, 0.3) is 0 Å². The predicted molar refractivity (Wildman–Crippen MR) is 93.9 cm³/mol. The third-order valence-electron chi connectivity index (χ3n) is 3.65. The first kappa shape index (κ1) is 18.1. The van der Waals surface area contributed by atoms with Crippen molar-refractivity contribution in [1.82, 2.24) is 0 Å². The summed E-state index contributed by atoms with van der Waals surface area (Å²) in [5.74, 6) is 0.534. The molecule has 0 unspecified atom stereocenters. The number of nitrogens with zero attached hydrogens (tertiary/aromatic N) is 1. The Labute approximate surface area is 140 Å². The van der Waals surface area contributed by atoms with Crippen LogP contribution < -0.4 is 4.74 Å². The molecular formula is C18H26FNO2S. The summed E-state index contributed by atoms with van der Waals surface area (Å²) in [5, 5.41) is 0. The lowest BCUT2D eigenvalue weighted by atomic mass is 10.00. The molecule has 1 fully saturated rings. The minimum atomic E-state index is -1.35. The van der Waals surface area contributed by atoms with Crippen molar-refractivity contribution in [3.05, 3.63) is 29.6 Å². The molecule has 1 saturated carbocycles. The molecule has 1 aliphatic carbocycles. The summed E-state index contributed by atoms with van der Waals surface area (Å²) >= 11 is 0. The molecule has 0 bridgehead atoms. The van der Waals surface area contributed by atoms with Gasteiger partial charge in [-0.3, -0.25) is 0 Å². The maximum Gasteiger partial charge on any atom is 0.165 e. The molecule has 5 heteroatoms. The van der Waals surface area contributed by atoms with Gasteiger partial charge in [0, 0.05) is 5.56 Å². The Bertz CT molecular complexity index is 616. The van der Waals surface area contributed by atoms with Gasteiger partial charge in [-0.05, 0) is 63.6 Å². The molecule has 1 aliphatic rings. The largest absolute Gasteiger partial charge is 0.490 e. The molecule has 1 aromatic rings. The summed E-state index contributed by atoms with van der Waals surface area (Å²) in [6.07, 6.45) is 2.31. The zero-order chi connectivity index (χ0) is 17.2. The minimum absolute atomic E-state index is 0.0862. The van der Waals surface area contributed by atoms with E-state index < -0.39 is 15.7 Å². The molecule has 128 valence electrons. The van der Waals surface area contributed by atoms with Gasteiger partial charge in [-0.25, -0.2) is 8.60 Å². The number of rotatable bonds is 6. The lowest BCUT2D eigenvalue weighted by Gasteiger charge is -2.17. The summed E-state index contributed by atoms with van der Waals surface area (Å²) in [5.41, 5.74) is 1.49. The zero-order valence-corrected chi connectivity index (χ0v) is 15.4. The summed E-state index contributed by atoms with van der Waals surface area (Å²) in [6, 6.07) is 4.75. The van der Waals surface area contributed by atoms with Gasteiger partial charge < -0.3 is 4.74 Å². The number of hydrogen-bond acceptors (Lipinski definition) is 2. The zero-order valence-electron chi connectivity index (χ0n) is 14.6. The van der Waals surface area contributed by atoms with Crippen molar-refractivity contribution in [2.45, 2.75) is 52.2 Å². The second kappa shape index (κ2) is 7.12. The monoisotopic (exact) mass is 339 g/mol. The summed E-state index contributed by atoms with van der Waals surface area (Å²) in [7, 11) is -1.35. The van der Waals surface area contributed by atoms with Crippen LogP contribution in [0.2, 0.25) is 0 Å². The normalized spacial score (nSPS) is 17.4. The van der Waals surface area contributed by atoms with Gasteiger partial charge in [-0.1, -0.05) is 13.8 Å². The van der Waals surface area contributed by atoms with E-state index in [0.29, 0.717) is 12.5 Å². The van der Waals surface area contributed by atoms with E-state index in [1.54, 1.807) is 12.1 Å². The SMILES string of the molecule is CC(C)C(=N[S@@](=O)C(C)(C)C)c1ccc(F)c(OCC2CC2)c1. The molecule has 1 atom stereocenters. The molecule has 0 aliphatic heterocycles. The fourth-order valence-electron chi connectivity index (χ4n) is 1.98. The van der Waals surface area contributed by atoms with E-state index in [2.05, 4.69) is 4.40 Å². The topological polar surface area (TPSA) is 38.7 Å². The first-order chi connectivity index (χ1) is 10.7. The van der Waals surface area contributed by atoms with E-state index in [1.807, 2.05) is 34.6 Å². The summed E-state index contributed by atoms with van der Waals surface area (Å²) < 4.78 is 35.9. The Kier molecular flexibility index (Phi) is 5.61. The van der Waals surface area contributed by atoms with E-state index in [4.69, 9.17) is 4.74 Å². The molecule has 23 heavy (non-hydrogen) atoms. The van der Waals surface area contributed by atoms with Gasteiger partial charge in [-0.15, -0.1) is 0 Å². The highest BCUT2D eigenvalue weighted by Crippen LogP contribution is 2.30. The average molecular weight is 339 g/mol. The van der Waals surface area contributed by atoms with E-state index in [0.717, 1.165) is 24.1 Å². The third kappa shape index (κ3) is 5.13. The molecule has 0 spiro atoms. The first-order valence-corrected chi connectivity index (χ1v) is 9.22. The molecular weight excluding hydrogens is 313 g/mol. The molecule has 0 radical (unpaired) electrons. The molecule has 3 nitrogen and oxygen atoms in total. The molecule has 0 saturated heterocycles. The van der Waals surface area contributed by atoms with Crippen LogP contribution in [0.3, 0.4) is 0 Å². The van der Waals surface area contributed by atoms with Crippen LogP contribution >= 0.6 is 0 Å². The van der Waals surface area contributed by atoms with Crippen molar-refractivity contribution in [1.29, 1.82) is 0 Å². The van der Waals surface area contributed by atoms with Crippen LogP contribution in [0.5, 0.6) is 5.75 Å². The van der Waals surface area contributed by atoms with E-state index >= 15 is 0 Å².